The third kappa shape index (κ3) is 5.99. The zero-order valence-corrected chi connectivity index (χ0v) is 33.8. The molecule has 1 aromatic carbocycles. The number of sulfone groups is 1. The Bertz CT molecular complexity index is 1810. The molecule has 5 aliphatic carbocycles. The van der Waals surface area contributed by atoms with Crippen molar-refractivity contribution in [3.63, 3.8) is 0 Å². The molecule has 5 fully saturated rings. The molecule has 9 heteroatoms. The van der Waals surface area contributed by atoms with Crippen molar-refractivity contribution in [2.24, 2.45) is 56.7 Å². The van der Waals surface area contributed by atoms with Gasteiger partial charge >= 0.3 is 5.97 Å². The first kappa shape index (κ1) is 38.7. The molecule has 292 valence electrons. The van der Waals surface area contributed by atoms with Crippen molar-refractivity contribution in [2.75, 3.05) is 37.7 Å². The van der Waals surface area contributed by atoms with Crippen LogP contribution in [0.2, 0.25) is 0 Å². The Morgan fingerprint density at radius 2 is 1.68 bits per heavy atom. The number of halogens is 1. The average Bonchev–Trinajstić information content (AvgIpc) is 3.49. The smallest absolute Gasteiger partial charge is 0.335 e. The molecular formula is C44H63FN2O5S. The van der Waals surface area contributed by atoms with Crippen LogP contribution >= 0.6 is 0 Å². The zero-order valence-electron chi connectivity index (χ0n) is 33.0. The minimum Gasteiger partial charge on any atom is -0.478 e. The SMILES string of the molecule is C=C(C)[C@@H]1CC[C@]2(C(=O)NCCCN3CCS(=O)(=O)CC3)CC[C@]3(C)[C@H](CC[C@@H]4[C@@]5(C)CC=C(c6ccc(C(=O)O)cc6F)C(C)(C)[C@@H]5CC[C@]43C)[C@@H]12. The maximum Gasteiger partial charge on any atom is 0.335 e. The summed E-state index contributed by atoms with van der Waals surface area (Å²) < 4.78 is 39.3. The number of hydrogen-bond acceptors (Lipinski definition) is 5. The van der Waals surface area contributed by atoms with Gasteiger partial charge in [-0.15, -0.1) is 0 Å². The Morgan fingerprint density at radius 1 is 0.962 bits per heavy atom. The molecule has 0 spiro atoms. The van der Waals surface area contributed by atoms with Gasteiger partial charge in [0.25, 0.3) is 0 Å². The third-order valence-corrected chi connectivity index (χ3v) is 18.6. The van der Waals surface area contributed by atoms with Crippen molar-refractivity contribution in [3.05, 3.63) is 53.4 Å². The quantitative estimate of drug-likeness (QED) is 0.204. The normalized spacial score (nSPS) is 40.1. The number of allylic oxidation sites excluding steroid dienone is 3. The second kappa shape index (κ2) is 13.3. The molecule has 0 aromatic heterocycles. The first-order valence-corrected chi connectivity index (χ1v) is 22.2. The number of benzene rings is 1. The summed E-state index contributed by atoms with van der Waals surface area (Å²) >= 11 is 0. The van der Waals surface area contributed by atoms with E-state index >= 15 is 4.39 Å². The zero-order chi connectivity index (χ0) is 38.4. The molecule has 1 saturated heterocycles. The van der Waals surface area contributed by atoms with E-state index in [4.69, 9.17) is 0 Å². The lowest BCUT2D eigenvalue weighted by atomic mass is 9.32. The Hall–Kier alpha value is -2.52. The maximum atomic E-state index is 15.5. The van der Waals surface area contributed by atoms with Crippen LogP contribution in [0.4, 0.5) is 4.39 Å². The summed E-state index contributed by atoms with van der Waals surface area (Å²) in [6.45, 7) is 21.5. The summed E-state index contributed by atoms with van der Waals surface area (Å²) in [5, 5.41) is 12.9. The number of fused-ring (bicyclic) bond motifs is 7. The molecule has 9 atom stereocenters. The highest BCUT2D eigenvalue weighted by Crippen LogP contribution is 2.77. The van der Waals surface area contributed by atoms with E-state index in [2.05, 4.69) is 64.4 Å². The largest absolute Gasteiger partial charge is 0.478 e. The molecule has 0 radical (unpaired) electrons. The number of carbonyl (C=O) groups is 2. The number of rotatable bonds is 8. The van der Waals surface area contributed by atoms with Crippen molar-refractivity contribution in [1.29, 1.82) is 0 Å². The van der Waals surface area contributed by atoms with E-state index < -0.39 is 21.6 Å². The summed E-state index contributed by atoms with van der Waals surface area (Å²) in [5.41, 5.74) is 2.30. The van der Waals surface area contributed by atoms with Crippen molar-refractivity contribution in [3.8, 4) is 0 Å². The predicted octanol–water partition coefficient (Wildman–Crippen LogP) is 8.41. The van der Waals surface area contributed by atoms with Gasteiger partial charge in [-0.05, 0) is 147 Å². The monoisotopic (exact) mass is 750 g/mol. The molecular weight excluding hydrogens is 688 g/mol. The molecule has 1 aliphatic heterocycles. The van der Waals surface area contributed by atoms with Gasteiger partial charge in [-0.1, -0.05) is 58.9 Å². The highest BCUT2D eigenvalue weighted by Gasteiger charge is 2.71. The summed E-state index contributed by atoms with van der Waals surface area (Å²) in [6, 6.07) is 4.36. The molecule has 53 heavy (non-hydrogen) atoms. The Labute approximate surface area is 317 Å². The fraction of sp³-hybridized carbons (Fsp3) is 0.727. The van der Waals surface area contributed by atoms with Crippen LogP contribution in [-0.2, 0) is 14.6 Å². The number of carboxylic acid groups (broad SMARTS) is 1. The summed E-state index contributed by atoms with van der Waals surface area (Å²) in [6.07, 6.45) is 12.3. The van der Waals surface area contributed by atoms with Crippen molar-refractivity contribution in [1.82, 2.24) is 10.2 Å². The fourth-order valence-corrected chi connectivity index (χ4v) is 15.4. The molecule has 2 N–H and O–H groups in total. The van der Waals surface area contributed by atoms with Gasteiger partial charge in [-0.3, -0.25) is 4.79 Å². The van der Waals surface area contributed by atoms with Gasteiger partial charge in [-0.25, -0.2) is 17.6 Å². The van der Waals surface area contributed by atoms with Crippen LogP contribution in [0.3, 0.4) is 0 Å². The number of amides is 1. The molecule has 1 aromatic rings. The highest BCUT2D eigenvalue weighted by molar-refractivity contribution is 7.91. The number of carboxylic acids is 1. The molecule has 4 saturated carbocycles. The summed E-state index contributed by atoms with van der Waals surface area (Å²) in [5.74, 6) is 1.04. The van der Waals surface area contributed by atoms with Gasteiger partial charge in [0, 0.05) is 25.2 Å². The molecule has 7 rings (SSSR count). The van der Waals surface area contributed by atoms with Crippen molar-refractivity contribution >= 4 is 27.3 Å². The minimum absolute atomic E-state index is 0.0251. The van der Waals surface area contributed by atoms with E-state index in [9.17, 15) is 23.1 Å². The Kier molecular flexibility index (Phi) is 9.73. The van der Waals surface area contributed by atoms with Crippen LogP contribution in [0, 0.1) is 62.5 Å². The van der Waals surface area contributed by atoms with Crippen LogP contribution in [0.25, 0.3) is 5.57 Å². The fourth-order valence-electron chi connectivity index (χ4n) is 14.1. The third-order valence-electron chi connectivity index (χ3n) is 17.0. The van der Waals surface area contributed by atoms with E-state index in [0.29, 0.717) is 48.9 Å². The van der Waals surface area contributed by atoms with Gasteiger partial charge < -0.3 is 15.3 Å². The number of aromatic carboxylic acids is 1. The second-order valence-electron chi connectivity index (χ2n) is 19.5. The minimum atomic E-state index is -2.91. The van der Waals surface area contributed by atoms with Gasteiger partial charge in [0.2, 0.25) is 5.91 Å². The molecule has 7 nitrogen and oxygen atoms in total. The lowest BCUT2D eigenvalue weighted by Gasteiger charge is -2.72. The predicted molar refractivity (Wildman–Crippen MR) is 208 cm³/mol. The van der Waals surface area contributed by atoms with Gasteiger partial charge in [-0.2, -0.15) is 0 Å². The highest BCUT2D eigenvalue weighted by atomic mass is 32.2. The number of nitrogens with one attached hydrogen (secondary N) is 1. The summed E-state index contributed by atoms with van der Waals surface area (Å²) in [4.78, 5) is 28.2. The molecule has 6 aliphatic rings. The Morgan fingerprint density at radius 3 is 2.34 bits per heavy atom. The van der Waals surface area contributed by atoms with Crippen LogP contribution in [-0.4, -0.2) is 68.0 Å². The molecule has 1 heterocycles. The van der Waals surface area contributed by atoms with Crippen LogP contribution in [0.5, 0.6) is 0 Å². The van der Waals surface area contributed by atoms with Crippen molar-refractivity contribution in [2.45, 2.75) is 106 Å². The molecule has 1 amide bonds. The van der Waals surface area contributed by atoms with Gasteiger partial charge in [0.1, 0.15) is 5.82 Å². The maximum absolute atomic E-state index is 15.5. The van der Waals surface area contributed by atoms with Crippen LogP contribution in [0.15, 0.2) is 36.4 Å². The number of nitrogens with zero attached hydrogens (tertiary/aromatic N) is 1. The molecule has 0 unspecified atom stereocenters. The Balaban J connectivity index is 1.12. The number of hydrogen-bond donors (Lipinski definition) is 2. The van der Waals surface area contributed by atoms with Crippen LogP contribution in [0.1, 0.15) is 122 Å². The standard InChI is InChI=1S/C44H63FN2O5S/c1-28(2)30-13-18-44(39(50)46-21-8-22-47-23-25-53(51,52)26-24-47)20-19-42(6)33(37(30)44)11-12-36-41(5)16-14-32(31-10-9-29(38(48)49)27-34(31)45)40(3,4)35(41)15-17-43(36,42)7/h9-10,14,27,30,33,35-37H,1,8,11-13,15-26H2,2-7H3,(H,46,50)(H,48,49)/t30-,33+,35-,36+,37+,41-,42+,43+,44-/m0/s1. The number of carbonyl (C=O) groups excluding carboxylic acids is 1. The van der Waals surface area contributed by atoms with E-state index in [1.807, 2.05) is 0 Å². The van der Waals surface area contributed by atoms with E-state index in [0.717, 1.165) is 76.3 Å². The first-order valence-electron chi connectivity index (χ1n) is 20.4. The van der Waals surface area contributed by atoms with Gasteiger partial charge in [0.15, 0.2) is 9.84 Å². The first-order chi connectivity index (χ1) is 24.8. The second-order valence-corrected chi connectivity index (χ2v) is 21.8. The lowest BCUT2D eigenvalue weighted by Crippen LogP contribution is -2.66. The molecule has 0 bridgehead atoms. The van der Waals surface area contributed by atoms with Crippen LogP contribution < -0.4 is 5.32 Å². The lowest BCUT2D eigenvalue weighted by molar-refractivity contribution is -0.225. The van der Waals surface area contributed by atoms with Gasteiger partial charge in [0.05, 0.1) is 22.5 Å². The van der Waals surface area contributed by atoms with E-state index in [1.165, 1.54) is 17.7 Å². The van der Waals surface area contributed by atoms with E-state index in [1.54, 1.807) is 6.07 Å². The average molecular weight is 751 g/mol. The topological polar surface area (TPSA) is 104 Å². The van der Waals surface area contributed by atoms with E-state index in [-0.39, 0.29) is 56.0 Å². The van der Waals surface area contributed by atoms with Crippen molar-refractivity contribution < 1.29 is 27.5 Å². The summed E-state index contributed by atoms with van der Waals surface area (Å²) in [7, 11) is -2.91.